The van der Waals surface area contributed by atoms with Gasteiger partial charge >= 0.3 is 0 Å². The van der Waals surface area contributed by atoms with Crippen LogP contribution in [0.1, 0.15) is 114 Å². The molecule has 3 rings (SSSR count). The van der Waals surface area contributed by atoms with Gasteiger partial charge in [-0.1, -0.05) is 45.9 Å². The Bertz CT molecular complexity index is 1040. The molecule has 0 saturated heterocycles. The monoisotopic (exact) mass is 464 g/mol. The number of benzene rings is 1. The Labute approximate surface area is 211 Å². The number of anilines is 1. The van der Waals surface area contributed by atoms with Gasteiger partial charge in [0, 0.05) is 44.5 Å². The van der Waals surface area contributed by atoms with Gasteiger partial charge in [0.05, 0.1) is 0 Å². The van der Waals surface area contributed by atoms with Crippen molar-refractivity contribution in [1.29, 1.82) is 0 Å². The summed E-state index contributed by atoms with van der Waals surface area (Å²) in [7, 11) is 0. The molecule has 2 aliphatic heterocycles. The average Bonchev–Trinajstić information content (AvgIpc) is 2.89. The zero-order valence-corrected chi connectivity index (χ0v) is 25.0. The Balaban J connectivity index is 2.08. The fourth-order valence-electron chi connectivity index (χ4n) is 6.87. The predicted molar refractivity (Wildman–Crippen MR) is 150 cm³/mol. The summed E-state index contributed by atoms with van der Waals surface area (Å²) < 4.78 is 0. The first kappa shape index (κ1) is 26.9. The molecular weight excluding hydrogens is 412 g/mol. The van der Waals surface area contributed by atoms with Gasteiger partial charge in [-0.15, -0.1) is 0 Å². The van der Waals surface area contributed by atoms with Crippen LogP contribution in [0.3, 0.4) is 0 Å². The number of allylic oxidation sites excluding steroid dienone is 2. The molecule has 1 aromatic carbocycles. The van der Waals surface area contributed by atoms with E-state index in [9.17, 15) is 0 Å². The molecule has 2 nitrogen and oxygen atoms in total. The van der Waals surface area contributed by atoms with E-state index in [1.165, 1.54) is 28.1 Å². The van der Waals surface area contributed by atoms with Gasteiger partial charge in [-0.2, -0.15) is 0 Å². The lowest BCUT2D eigenvalue weighted by Crippen LogP contribution is -2.55. The molecule has 0 fully saturated rings. The van der Waals surface area contributed by atoms with Crippen molar-refractivity contribution >= 4 is 5.69 Å². The van der Waals surface area contributed by atoms with E-state index in [0.717, 1.165) is 12.8 Å². The van der Waals surface area contributed by atoms with Crippen LogP contribution in [0.15, 0.2) is 40.7 Å². The molecule has 34 heavy (non-hydrogen) atoms. The van der Waals surface area contributed by atoms with Crippen LogP contribution in [0.2, 0.25) is 0 Å². The maximum atomic E-state index is 2.73. The Morgan fingerprint density at radius 2 is 1.24 bits per heavy atom. The minimum Gasteiger partial charge on any atom is -0.364 e. The van der Waals surface area contributed by atoms with Crippen molar-refractivity contribution in [2.24, 2.45) is 10.8 Å². The van der Waals surface area contributed by atoms with E-state index in [2.05, 4.69) is 132 Å². The zero-order valence-electron chi connectivity index (χ0n) is 25.0. The number of aryl methyl sites for hydroxylation is 2. The summed E-state index contributed by atoms with van der Waals surface area (Å²) in [6.07, 6.45) is 2.13. The van der Waals surface area contributed by atoms with E-state index in [4.69, 9.17) is 0 Å². The van der Waals surface area contributed by atoms with Crippen LogP contribution >= 0.6 is 0 Å². The maximum Gasteiger partial charge on any atom is 0.0480 e. The molecule has 0 aliphatic carbocycles. The lowest BCUT2D eigenvalue weighted by Gasteiger charge is -2.51. The van der Waals surface area contributed by atoms with Crippen LogP contribution in [-0.2, 0) is 6.42 Å². The predicted octanol–water partition coefficient (Wildman–Crippen LogP) is 9.04. The van der Waals surface area contributed by atoms with E-state index in [1.54, 1.807) is 11.3 Å². The largest absolute Gasteiger partial charge is 0.364 e. The lowest BCUT2D eigenvalue weighted by molar-refractivity contribution is 0.0246. The fourth-order valence-corrected chi connectivity index (χ4v) is 6.87. The van der Waals surface area contributed by atoms with Crippen LogP contribution in [-0.4, -0.2) is 21.5 Å². The quantitative estimate of drug-likeness (QED) is 0.438. The molecule has 2 heteroatoms. The normalized spacial score (nSPS) is 23.4. The molecule has 0 atom stereocenters. The first-order valence-electron chi connectivity index (χ1n) is 13.3. The minimum atomic E-state index is 0.0198. The van der Waals surface area contributed by atoms with Gasteiger partial charge in [0.1, 0.15) is 0 Å². The van der Waals surface area contributed by atoms with Crippen molar-refractivity contribution in [3.8, 4) is 0 Å². The lowest BCUT2D eigenvalue weighted by atomic mass is 9.71. The van der Waals surface area contributed by atoms with Gasteiger partial charge < -0.3 is 9.80 Å². The number of rotatable bonds is 4. The van der Waals surface area contributed by atoms with Crippen molar-refractivity contribution < 1.29 is 0 Å². The molecule has 0 aromatic heterocycles. The van der Waals surface area contributed by atoms with Crippen LogP contribution < -0.4 is 4.90 Å². The molecule has 0 spiro atoms. The molecule has 2 heterocycles. The Hall–Kier alpha value is -1.70. The standard InChI is InChI=1S/C32H52N2/c1-21-17-16-18-25(27(21)33-24(4)22(2)29(8,9)31(33,12)13)19-20-26-23(3)30(10,11)32(14,15)34(26)28(5,6)7/h16-18H,19-20H2,1-15H3. The van der Waals surface area contributed by atoms with Gasteiger partial charge in [-0.05, 0) is 111 Å². The second-order valence-corrected chi connectivity index (χ2v) is 14.1. The SMILES string of the molecule is CC1=C(C)C(C)(C)C(C)(C)N1c1c(C)cccc1CCC1=C(C)C(C)(C)C(C)(C)N1C(C)(C)C. The number of para-hydroxylation sites is 1. The number of nitrogens with zero attached hydrogens (tertiary/aromatic N) is 2. The molecule has 0 N–H and O–H groups in total. The first-order valence-corrected chi connectivity index (χ1v) is 13.3. The Morgan fingerprint density at radius 1 is 0.706 bits per heavy atom. The van der Waals surface area contributed by atoms with Gasteiger partial charge in [0.2, 0.25) is 0 Å². The zero-order chi connectivity index (χ0) is 26.2. The van der Waals surface area contributed by atoms with Crippen LogP contribution in [0, 0.1) is 17.8 Å². The van der Waals surface area contributed by atoms with Gasteiger partial charge in [0.25, 0.3) is 0 Å². The van der Waals surface area contributed by atoms with Gasteiger partial charge in [0.15, 0.2) is 0 Å². The molecule has 0 radical (unpaired) electrons. The van der Waals surface area contributed by atoms with Crippen molar-refractivity contribution in [3.63, 3.8) is 0 Å². The highest BCUT2D eigenvalue weighted by Crippen LogP contribution is 2.56. The second kappa shape index (κ2) is 7.90. The third-order valence-electron chi connectivity index (χ3n) is 10.5. The maximum absolute atomic E-state index is 2.73. The van der Waals surface area contributed by atoms with Gasteiger partial charge in [-0.25, -0.2) is 0 Å². The van der Waals surface area contributed by atoms with Crippen molar-refractivity contribution in [2.75, 3.05) is 4.90 Å². The number of hydrogen-bond acceptors (Lipinski definition) is 2. The van der Waals surface area contributed by atoms with E-state index >= 15 is 0 Å². The summed E-state index contributed by atoms with van der Waals surface area (Å²) in [6.45, 7) is 35.8. The summed E-state index contributed by atoms with van der Waals surface area (Å²) in [6, 6.07) is 6.91. The summed E-state index contributed by atoms with van der Waals surface area (Å²) in [4.78, 5) is 5.38. The van der Waals surface area contributed by atoms with Crippen LogP contribution in [0.4, 0.5) is 5.69 Å². The highest BCUT2D eigenvalue weighted by atomic mass is 15.3. The van der Waals surface area contributed by atoms with E-state index in [-0.39, 0.29) is 27.4 Å². The minimum absolute atomic E-state index is 0.0198. The summed E-state index contributed by atoms with van der Waals surface area (Å²) in [5, 5.41) is 0. The second-order valence-electron chi connectivity index (χ2n) is 14.1. The molecule has 2 aliphatic rings. The Morgan fingerprint density at radius 3 is 1.71 bits per heavy atom. The first-order chi connectivity index (χ1) is 15.2. The molecular formula is C32H52N2. The highest BCUT2D eigenvalue weighted by molar-refractivity contribution is 5.68. The molecule has 1 aromatic rings. The third kappa shape index (κ3) is 3.58. The van der Waals surface area contributed by atoms with Crippen molar-refractivity contribution in [3.05, 3.63) is 51.9 Å². The Kier molecular flexibility index (Phi) is 6.25. The molecule has 0 unspecified atom stereocenters. The summed E-state index contributed by atoms with van der Waals surface area (Å²) in [5.74, 6) is 0. The van der Waals surface area contributed by atoms with E-state index < -0.39 is 0 Å². The molecule has 0 saturated carbocycles. The van der Waals surface area contributed by atoms with Crippen molar-refractivity contribution in [2.45, 2.75) is 133 Å². The van der Waals surface area contributed by atoms with Crippen LogP contribution in [0.25, 0.3) is 0 Å². The molecule has 190 valence electrons. The fraction of sp³-hybridized carbons (Fsp3) is 0.688. The smallest absolute Gasteiger partial charge is 0.0480 e. The topological polar surface area (TPSA) is 6.48 Å². The van der Waals surface area contributed by atoms with Crippen LogP contribution in [0.5, 0.6) is 0 Å². The van der Waals surface area contributed by atoms with Gasteiger partial charge in [-0.3, -0.25) is 0 Å². The molecule has 0 bridgehead atoms. The average molecular weight is 465 g/mol. The van der Waals surface area contributed by atoms with E-state index in [1.807, 2.05) is 0 Å². The highest BCUT2D eigenvalue weighted by Gasteiger charge is 2.54. The summed E-state index contributed by atoms with van der Waals surface area (Å²) in [5.41, 5.74) is 10.7. The van der Waals surface area contributed by atoms with E-state index in [0.29, 0.717) is 0 Å². The molecule has 0 amide bonds. The third-order valence-corrected chi connectivity index (χ3v) is 10.5. The van der Waals surface area contributed by atoms with Crippen molar-refractivity contribution in [1.82, 2.24) is 4.90 Å². The number of hydrogen-bond donors (Lipinski definition) is 0. The summed E-state index contributed by atoms with van der Waals surface area (Å²) >= 11 is 0.